The second-order valence-corrected chi connectivity index (χ2v) is 5.74. The molecule has 1 aliphatic heterocycles. The highest BCUT2D eigenvalue weighted by Crippen LogP contribution is 2.33. The van der Waals surface area contributed by atoms with E-state index in [-0.39, 0.29) is 24.7 Å². The first-order valence-corrected chi connectivity index (χ1v) is 7.95. The van der Waals surface area contributed by atoms with Crippen LogP contribution in [0.1, 0.15) is 0 Å². The number of carbonyl (C=O) groups is 2. The SMILES string of the molecule is CNC(=O)[C@H]1CN(CC(=O)Nc2cc(F)ccc2F)c2ccccc2O1. The van der Waals surface area contributed by atoms with E-state index >= 15 is 0 Å². The van der Waals surface area contributed by atoms with Crippen LogP contribution in [0.25, 0.3) is 0 Å². The fourth-order valence-electron chi connectivity index (χ4n) is 2.71. The molecule has 0 aliphatic carbocycles. The fourth-order valence-corrected chi connectivity index (χ4v) is 2.71. The molecule has 1 aliphatic rings. The van der Waals surface area contributed by atoms with Crippen LogP contribution in [0.15, 0.2) is 42.5 Å². The van der Waals surface area contributed by atoms with E-state index in [0.717, 1.165) is 18.2 Å². The van der Waals surface area contributed by atoms with Gasteiger partial charge in [0.1, 0.15) is 17.4 Å². The van der Waals surface area contributed by atoms with Crippen molar-refractivity contribution in [3.05, 3.63) is 54.1 Å². The summed E-state index contributed by atoms with van der Waals surface area (Å²) in [5.41, 5.74) is 0.405. The van der Waals surface area contributed by atoms with Crippen molar-refractivity contribution in [1.82, 2.24) is 5.32 Å². The van der Waals surface area contributed by atoms with Crippen LogP contribution in [0, 0.1) is 11.6 Å². The van der Waals surface area contributed by atoms with E-state index in [1.165, 1.54) is 7.05 Å². The number of anilines is 2. The van der Waals surface area contributed by atoms with Gasteiger partial charge in [-0.15, -0.1) is 0 Å². The van der Waals surface area contributed by atoms with Gasteiger partial charge in [0.15, 0.2) is 6.10 Å². The third kappa shape index (κ3) is 3.74. The first-order chi connectivity index (χ1) is 12.5. The summed E-state index contributed by atoms with van der Waals surface area (Å²) in [4.78, 5) is 25.9. The van der Waals surface area contributed by atoms with Crippen LogP contribution in [0.3, 0.4) is 0 Å². The topological polar surface area (TPSA) is 70.7 Å². The van der Waals surface area contributed by atoms with Crippen molar-refractivity contribution in [2.24, 2.45) is 0 Å². The Hall–Kier alpha value is -3.16. The first kappa shape index (κ1) is 17.7. The van der Waals surface area contributed by atoms with Crippen LogP contribution in [0.5, 0.6) is 5.75 Å². The molecule has 0 bridgehead atoms. The zero-order valence-corrected chi connectivity index (χ0v) is 14.0. The Balaban J connectivity index is 1.78. The molecule has 0 fully saturated rings. The Morgan fingerprint density at radius 2 is 2.00 bits per heavy atom. The molecule has 3 rings (SSSR count). The minimum atomic E-state index is -0.784. The smallest absolute Gasteiger partial charge is 0.262 e. The van der Waals surface area contributed by atoms with Crippen molar-refractivity contribution in [3.63, 3.8) is 0 Å². The molecule has 136 valence electrons. The Morgan fingerprint density at radius 3 is 2.77 bits per heavy atom. The van der Waals surface area contributed by atoms with Gasteiger partial charge in [-0.2, -0.15) is 0 Å². The third-order valence-electron chi connectivity index (χ3n) is 3.94. The zero-order chi connectivity index (χ0) is 18.7. The predicted octanol–water partition coefficient (Wildman–Crippen LogP) is 1.92. The second kappa shape index (κ2) is 7.38. The average Bonchev–Trinajstić information content (AvgIpc) is 2.64. The number of halogens is 2. The number of rotatable bonds is 4. The minimum absolute atomic E-state index is 0.149. The van der Waals surface area contributed by atoms with Crippen molar-refractivity contribution < 1.29 is 23.1 Å². The predicted molar refractivity (Wildman–Crippen MR) is 92.1 cm³/mol. The summed E-state index contributed by atoms with van der Waals surface area (Å²) in [6.45, 7) is -0.000436. The van der Waals surface area contributed by atoms with Gasteiger partial charge >= 0.3 is 0 Å². The lowest BCUT2D eigenvalue weighted by Gasteiger charge is -2.34. The lowest BCUT2D eigenvalue weighted by Crippen LogP contribution is -2.50. The molecule has 0 saturated carbocycles. The molecular formula is C18H17F2N3O3. The van der Waals surface area contributed by atoms with Gasteiger partial charge in [-0.25, -0.2) is 8.78 Å². The highest BCUT2D eigenvalue weighted by Gasteiger charge is 2.31. The molecule has 2 N–H and O–H groups in total. The summed E-state index contributed by atoms with van der Waals surface area (Å²) in [5.74, 6) is -1.77. The monoisotopic (exact) mass is 361 g/mol. The van der Waals surface area contributed by atoms with E-state index in [1.807, 2.05) is 0 Å². The molecule has 6 nitrogen and oxygen atoms in total. The molecule has 2 amide bonds. The van der Waals surface area contributed by atoms with Crippen molar-refractivity contribution in [2.75, 3.05) is 30.4 Å². The molecule has 0 spiro atoms. The van der Waals surface area contributed by atoms with E-state index in [2.05, 4.69) is 10.6 Å². The highest BCUT2D eigenvalue weighted by molar-refractivity contribution is 5.95. The van der Waals surface area contributed by atoms with Crippen LogP contribution in [-0.2, 0) is 9.59 Å². The Bertz CT molecular complexity index is 844. The number of nitrogens with one attached hydrogen (secondary N) is 2. The Kier molecular flexibility index (Phi) is 5.01. The lowest BCUT2D eigenvalue weighted by molar-refractivity contribution is -0.127. The normalized spacial score (nSPS) is 15.7. The van der Waals surface area contributed by atoms with Crippen LogP contribution in [-0.4, -0.2) is 38.1 Å². The number of ether oxygens (including phenoxy) is 1. The highest BCUT2D eigenvalue weighted by atomic mass is 19.1. The van der Waals surface area contributed by atoms with Crippen molar-refractivity contribution in [1.29, 1.82) is 0 Å². The third-order valence-corrected chi connectivity index (χ3v) is 3.94. The molecule has 0 aromatic heterocycles. The molecule has 26 heavy (non-hydrogen) atoms. The van der Waals surface area contributed by atoms with Crippen molar-refractivity contribution >= 4 is 23.2 Å². The molecule has 8 heteroatoms. The zero-order valence-electron chi connectivity index (χ0n) is 14.0. The van der Waals surface area contributed by atoms with Gasteiger partial charge in [0.2, 0.25) is 5.91 Å². The Morgan fingerprint density at radius 1 is 1.23 bits per heavy atom. The van der Waals surface area contributed by atoms with Crippen molar-refractivity contribution in [2.45, 2.75) is 6.10 Å². The van der Waals surface area contributed by atoms with Gasteiger partial charge in [-0.3, -0.25) is 9.59 Å². The number of nitrogens with zero attached hydrogens (tertiary/aromatic N) is 1. The largest absolute Gasteiger partial charge is 0.477 e. The second-order valence-electron chi connectivity index (χ2n) is 5.74. The van der Waals surface area contributed by atoms with Crippen molar-refractivity contribution in [3.8, 4) is 5.75 Å². The van der Waals surface area contributed by atoms with E-state index in [1.54, 1.807) is 29.2 Å². The van der Waals surface area contributed by atoms with E-state index in [9.17, 15) is 18.4 Å². The maximum Gasteiger partial charge on any atom is 0.262 e. The average molecular weight is 361 g/mol. The summed E-state index contributed by atoms with van der Waals surface area (Å²) < 4.78 is 32.6. The Labute approximate surface area is 148 Å². The number of hydrogen-bond donors (Lipinski definition) is 2. The van der Waals surface area contributed by atoms with Gasteiger partial charge in [-0.05, 0) is 24.3 Å². The molecule has 2 aromatic rings. The fraction of sp³-hybridized carbons (Fsp3) is 0.222. The van der Waals surface area contributed by atoms with Gasteiger partial charge in [-0.1, -0.05) is 12.1 Å². The lowest BCUT2D eigenvalue weighted by atomic mass is 10.1. The molecular weight excluding hydrogens is 344 g/mol. The number of para-hydroxylation sites is 2. The summed E-state index contributed by atoms with van der Waals surface area (Å²) >= 11 is 0. The van der Waals surface area contributed by atoms with Gasteiger partial charge in [0.05, 0.1) is 24.5 Å². The van der Waals surface area contributed by atoms with Gasteiger partial charge < -0.3 is 20.3 Å². The number of carbonyl (C=O) groups excluding carboxylic acids is 2. The quantitative estimate of drug-likeness (QED) is 0.873. The molecule has 0 saturated heterocycles. The summed E-state index contributed by atoms with van der Waals surface area (Å²) in [6.07, 6.45) is -0.784. The van der Waals surface area contributed by atoms with Crippen LogP contribution < -0.4 is 20.3 Å². The molecule has 1 heterocycles. The number of benzene rings is 2. The number of amides is 2. The number of likely N-dealkylation sites (N-methyl/N-ethyl adjacent to an activating group) is 1. The summed E-state index contributed by atoms with van der Waals surface area (Å²) in [6, 6.07) is 9.81. The number of fused-ring (bicyclic) bond motifs is 1. The maximum absolute atomic E-state index is 13.7. The van der Waals surface area contributed by atoms with Crippen LogP contribution in [0.2, 0.25) is 0 Å². The standard InChI is InChI=1S/C18H17F2N3O3/c1-21-18(25)16-9-23(14-4-2-3-5-15(14)26-16)10-17(24)22-13-8-11(19)6-7-12(13)20/h2-8,16H,9-10H2,1H3,(H,21,25)(H,22,24)/t16-/m1/s1. The van der Waals surface area contributed by atoms with E-state index < -0.39 is 23.6 Å². The summed E-state index contributed by atoms with van der Waals surface area (Å²) in [7, 11) is 1.50. The minimum Gasteiger partial charge on any atom is -0.477 e. The molecule has 2 aromatic carbocycles. The maximum atomic E-state index is 13.7. The molecule has 1 atom stereocenters. The van der Waals surface area contributed by atoms with Crippen LogP contribution in [0.4, 0.5) is 20.2 Å². The first-order valence-electron chi connectivity index (χ1n) is 7.95. The summed E-state index contributed by atoms with van der Waals surface area (Å²) in [5, 5.41) is 4.86. The number of hydrogen-bond acceptors (Lipinski definition) is 4. The van der Waals surface area contributed by atoms with E-state index in [0.29, 0.717) is 11.4 Å². The van der Waals surface area contributed by atoms with Gasteiger partial charge in [0.25, 0.3) is 5.91 Å². The van der Waals surface area contributed by atoms with E-state index in [4.69, 9.17) is 4.74 Å². The van der Waals surface area contributed by atoms with Crippen LogP contribution >= 0.6 is 0 Å². The van der Waals surface area contributed by atoms with Gasteiger partial charge in [0, 0.05) is 13.1 Å². The molecule has 0 radical (unpaired) electrons. The molecule has 0 unspecified atom stereocenters.